The summed E-state index contributed by atoms with van der Waals surface area (Å²) in [6.45, 7) is 7.13. The molecule has 0 saturated carbocycles. The fourth-order valence-corrected chi connectivity index (χ4v) is 2.16. The molecule has 1 N–H and O–H groups in total. The zero-order chi connectivity index (χ0) is 13.7. The van der Waals surface area contributed by atoms with E-state index in [1.807, 2.05) is 25.3 Å². The number of nitrogens with one attached hydrogen (secondary N) is 1. The predicted octanol–water partition coefficient (Wildman–Crippen LogP) is 2.77. The van der Waals surface area contributed by atoms with Crippen molar-refractivity contribution < 1.29 is 0 Å². The van der Waals surface area contributed by atoms with E-state index < -0.39 is 0 Å². The van der Waals surface area contributed by atoms with Crippen LogP contribution in [-0.4, -0.2) is 21.5 Å². The molecule has 0 unspecified atom stereocenters. The van der Waals surface area contributed by atoms with E-state index in [4.69, 9.17) is 0 Å². The second kappa shape index (κ2) is 6.27. The van der Waals surface area contributed by atoms with Crippen molar-refractivity contribution in [3.8, 4) is 0 Å². The monoisotopic (exact) mass is 256 g/mol. The number of anilines is 1. The molecule has 0 spiro atoms. The lowest BCUT2D eigenvalue weighted by Crippen LogP contribution is -2.10. The molecule has 2 aromatic rings. The third-order valence-corrected chi connectivity index (χ3v) is 3.04. The minimum Gasteiger partial charge on any atom is -0.370 e. The number of hydrogen-bond donors (Lipinski definition) is 1. The van der Waals surface area contributed by atoms with Gasteiger partial charge in [-0.25, -0.2) is 9.97 Å². The van der Waals surface area contributed by atoms with E-state index in [0.717, 1.165) is 42.3 Å². The largest absolute Gasteiger partial charge is 0.370 e. The summed E-state index contributed by atoms with van der Waals surface area (Å²) >= 11 is 0. The summed E-state index contributed by atoms with van der Waals surface area (Å²) < 4.78 is 0. The van der Waals surface area contributed by atoms with Crippen LogP contribution < -0.4 is 5.32 Å². The Bertz CT molecular complexity index is 537. The van der Waals surface area contributed by atoms with Crippen molar-refractivity contribution in [3.63, 3.8) is 0 Å². The summed E-state index contributed by atoms with van der Waals surface area (Å²) in [5.41, 5.74) is 3.40. The molecule has 0 saturated heterocycles. The van der Waals surface area contributed by atoms with Gasteiger partial charge in [-0.3, -0.25) is 4.98 Å². The molecule has 4 nitrogen and oxygen atoms in total. The van der Waals surface area contributed by atoms with Gasteiger partial charge >= 0.3 is 0 Å². The topological polar surface area (TPSA) is 50.7 Å². The third-order valence-electron chi connectivity index (χ3n) is 3.04. The van der Waals surface area contributed by atoms with Crippen LogP contribution in [0.1, 0.15) is 36.5 Å². The molecule has 0 fully saturated rings. The number of aromatic nitrogens is 3. The first-order chi connectivity index (χ1) is 9.24. The lowest BCUT2D eigenvalue weighted by atomic mass is 10.1. The van der Waals surface area contributed by atoms with E-state index in [1.54, 1.807) is 6.20 Å². The fourth-order valence-electron chi connectivity index (χ4n) is 2.16. The van der Waals surface area contributed by atoms with Crippen LogP contribution in [-0.2, 0) is 12.8 Å². The molecule has 4 heteroatoms. The van der Waals surface area contributed by atoms with Gasteiger partial charge in [0.2, 0.25) is 0 Å². The molecule has 0 amide bonds. The van der Waals surface area contributed by atoms with Gasteiger partial charge in [0, 0.05) is 36.6 Å². The zero-order valence-electron chi connectivity index (χ0n) is 11.8. The molecule has 100 valence electrons. The first-order valence-electron chi connectivity index (χ1n) is 6.73. The lowest BCUT2D eigenvalue weighted by Gasteiger charge is -2.12. The van der Waals surface area contributed by atoms with E-state index in [9.17, 15) is 0 Å². The van der Waals surface area contributed by atoms with E-state index in [1.165, 1.54) is 5.56 Å². The van der Waals surface area contributed by atoms with Crippen LogP contribution in [0.2, 0.25) is 0 Å². The van der Waals surface area contributed by atoms with Crippen molar-refractivity contribution in [2.45, 2.75) is 33.6 Å². The molecule has 0 aliphatic rings. The fraction of sp³-hybridized carbons (Fsp3) is 0.400. The highest BCUT2D eigenvalue weighted by atomic mass is 15.0. The van der Waals surface area contributed by atoms with Crippen LogP contribution >= 0.6 is 0 Å². The Morgan fingerprint density at radius 1 is 1.21 bits per heavy atom. The molecule has 2 aromatic heterocycles. The standard InChI is InChI=1S/C15H20N4/c1-4-13-11(3)18-14(19-15(13)17-5-2)9-12-7-6-8-16-10-12/h6-8,10H,4-5,9H2,1-3H3,(H,17,18,19). The Morgan fingerprint density at radius 3 is 2.68 bits per heavy atom. The molecule has 0 radical (unpaired) electrons. The van der Waals surface area contributed by atoms with Gasteiger partial charge in [-0.1, -0.05) is 13.0 Å². The maximum atomic E-state index is 4.64. The highest BCUT2D eigenvalue weighted by molar-refractivity contribution is 5.46. The minimum atomic E-state index is 0.719. The Kier molecular flexibility index (Phi) is 4.44. The molecule has 0 aliphatic heterocycles. The van der Waals surface area contributed by atoms with Gasteiger partial charge < -0.3 is 5.32 Å². The quantitative estimate of drug-likeness (QED) is 0.893. The summed E-state index contributed by atoms with van der Waals surface area (Å²) in [4.78, 5) is 13.4. The van der Waals surface area contributed by atoms with Crippen molar-refractivity contribution >= 4 is 5.82 Å². The van der Waals surface area contributed by atoms with Crippen molar-refractivity contribution in [2.24, 2.45) is 0 Å². The summed E-state index contributed by atoms with van der Waals surface area (Å²) in [6, 6.07) is 3.99. The van der Waals surface area contributed by atoms with E-state index in [0.29, 0.717) is 0 Å². The van der Waals surface area contributed by atoms with E-state index in [2.05, 4.69) is 34.1 Å². The molecule has 0 aromatic carbocycles. The second-order valence-electron chi connectivity index (χ2n) is 4.47. The number of rotatable bonds is 5. The zero-order valence-corrected chi connectivity index (χ0v) is 11.8. The average molecular weight is 256 g/mol. The normalized spacial score (nSPS) is 10.5. The number of aryl methyl sites for hydroxylation is 1. The number of nitrogens with zero attached hydrogens (tertiary/aromatic N) is 3. The molecule has 19 heavy (non-hydrogen) atoms. The Morgan fingerprint density at radius 2 is 2.05 bits per heavy atom. The predicted molar refractivity (Wildman–Crippen MR) is 77.4 cm³/mol. The Balaban J connectivity index is 2.31. The van der Waals surface area contributed by atoms with Crippen LogP contribution in [0.4, 0.5) is 5.82 Å². The lowest BCUT2D eigenvalue weighted by molar-refractivity contribution is 0.899. The van der Waals surface area contributed by atoms with Gasteiger partial charge in [-0.15, -0.1) is 0 Å². The summed E-state index contributed by atoms with van der Waals surface area (Å²) in [6.07, 6.45) is 5.30. The Labute approximate surface area is 114 Å². The van der Waals surface area contributed by atoms with E-state index in [-0.39, 0.29) is 0 Å². The second-order valence-corrected chi connectivity index (χ2v) is 4.47. The molecule has 0 atom stereocenters. The summed E-state index contributed by atoms with van der Waals surface area (Å²) in [5, 5.41) is 3.33. The highest BCUT2D eigenvalue weighted by Crippen LogP contribution is 2.18. The SMILES string of the molecule is CCNc1nc(Cc2cccnc2)nc(C)c1CC. The Hall–Kier alpha value is -1.97. The van der Waals surface area contributed by atoms with Gasteiger partial charge in [0.05, 0.1) is 0 Å². The molecular weight excluding hydrogens is 236 g/mol. The molecule has 2 rings (SSSR count). The minimum absolute atomic E-state index is 0.719. The van der Waals surface area contributed by atoms with Crippen LogP contribution in [0.3, 0.4) is 0 Å². The van der Waals surface area contributed by atoms with Gasteiger partial charge in [0.15, 0.2) is 0 Å². The van der Waals surface area contributed by atoms with E-state index >= 15 is 0 Å². The summed E-state index contributed by atoms with van der Waals surface area (Å²) in [5.74, 6) is 1.81. The van der Waals surface area contributed by atoms with Crippen LogP contribution in [0, 0.1) is 6.92 Å². The first kappa shape index (κ1) is 13.5. The van der Waals surface area contributed by atoms with Gasteiger partial charge in [0.25, 0.3) is 0 Å². The van der Waals surface area contributed by atoms with Gasteiger partial charge in [-0.05, 0) is 31.9 Å². The first-order valence-corrected chi connectivity index (χ1v) is 6.73. The molecule has 0 aliphatic carbocycles. The average Bonchev–Trinajstić information content (AvgIpc) is 2.40. The smallest absolute Gasteiger partial charge is 0.135 e. The van der Waals surface area contributed by atoms with Crippen molar-refractivity contribution in [1.82, 2.24) is 15.0 Å². The van der Waals surface area contributed by atoms with Crippen LogP contribution in [0.25, 0.3) is 0 Å². The third kappa shape index (κ3) is 3.28. The van der Waals surface area contributed by atoms with Gasteiger partial charge in [0.1, 0.15) is 11.6 Å². The number of hydrogen-bond acceptors (Lipinski definition) is 4. The van der Waals surface area contributed by atoms with Crippen molar-refractivity contribution in [2.75, 3.05) is 11.9 Å². The van der Waals surface area contributed by atoms with Crippen molar-refractivity contribution in [1.29, 1.82) is 0 Å². The molecule has 2 heterocycles. The maximum Gasteiger partial charge on any atom is 0.135 e. The number of pyridine rings is 1. The van der Waals surface area contributed by atoms with Crippen LogP contribution in [0.5, 0.6) is 0 Å². The van der Waals surface area contributed by atoms with Crippen LogP contribution in [0.15, 0.2) is 24.5 Å². The maximum absolute atomic E-state index is 4.64. The molecule has 0 bridgehead atoms. The molecular formula is C15H20N4. The highest BCUT2D eigenvalue weighted by Gasteiger charge is 2.10. The van der Waals surface area contributed by atoms with Crippen molar-refractivity contribution in [3.05, 3.63) is 47.2 Å². The summed E-state index contributed by atoms with van der Waals surface area (Å²) in [7, 11) is 0. The van der Waals surface area contributed by atoms with Gasteiger partial charge in [-0.2, -0.15) is 0 Å².